The highest BCUT2D eigenvalue weighted by atomic mass is 16.4. The Morgan fingerprint density at radius 2 is 1.34 bits per heavy atom. The van der Waals surface area contributed by atoms with Crippen molar-refractivity contribution < 1.29 is 34.2 Å². The van der Waals surface area contributed by atoms with Crippen molar-refractivity contribution in [1.82, 2.24) is 16.0 Å². The lowest BCUT2D eigenvalue weighted by molar-refractivity contribution is -0.142. The number of hydrogen-bond donors (Lipinski definition) is 7. The second kappa shape index (κ2) is 13.4. The van der Waals surface area contributed by atoms with Crippen molar-refractivity contribution in [2.75, 3.05) is 6.54 Å². The Kier molecular flexibility index (Phi) is 12.2. The Hall–Kier alpha value is -2.73. The van der Waals surface area contributed by atoms with Gasteiger partial charge in [-0.25, -0.2) is 4.79 Å². The zero-order chi connectivity index (χ0) is 22.6. The van der Waals surface area contributed by atoms with Crippen LogP contribution >= 0.6 is 0 Å². The third kappa shape index (κ3) is 11.0. The fraction of sp³-hybridized carbons (Fsp3) is 0.706. The van der Waals surface area contributed by atoms with Crippen LogP contribution in [0.3, 0.4) is 0 Å². The predicted octanol–water partition coefficient (Wildman–Crippen LogP) is -2.11. The summed E-state index contributed by atoms with van der Waals surface area (Å²) in [5, 5.41) is 24.8. The molecule has 0 aliphatic carbocycles. The molecule has 0 unspecified atom stereocenters. The molecule has 29 heavy (non-hydrogen) atoms. The average molecular weight is 417 g/mol. The third-order valence-electron chi connectivity index (χ3n) is 4.07. The summed E-state index contributed by atoms with van der Waals surface area (Å²) in [6.07, 6.45) is 0.981. The number of rotatable bonds is 14. The van der Waals surface area contributed by atoms with Gasteiger partial charge in [-0.2, -0.15) is 0 Å². The lowest BCUT2D eigenvalue weighted by Gasteiger charge is -2.21. The predicted molar refractivity (Wildman–Crippen MR) is 103 cm³/mol. The lowest BCUT2D eigenvalue weighted by Crippen LogP contribution is -2.55. The van der Waals surface area contributed by atoms with Crippen LogP contribution in [0.15, 0.2) is 0 Å². The summed E-state index contributed by atoms with van der Waals surface area (Å²) < 4.78 is 0. The van der Waals surface area contributed by atoms with E-state index in [-0.39, 0.29) is 19.3 Å². The first-order valence-corrected chi connectivity index (χ1v) is 9.30. The highest BCUT2D eigenvalue weighted by molar-refractivity contribution is 5.93. The van der Waals surface area contributed by atoms with Crippen LogP contribution in [0.1, 0.15) is 46.0 Å². The lowest BCUT2D eigenvalue weighted by atomic mass is 10.1. The first kappa shape index (κ1) is 26.3. The molecule has 0 heterocycles. The molecule has 0 spiro atoms. The number of nitrogens with two attached hydrogens (primary N) is 2. The van der Waals surface area contributed by atoms with Gasteiger partial charge in [0, 0.05) is 6.42 Å². The van der Waals surface area contributed by atoms with E-state index in [1.807, 2.05) is 0 Å². The number of amides is 3. The zero-order valence-electron chi connectivity index (χ0n) is 16.6. The Morgan fingerprint density at radius 1 is 0.828 bits per heavy atom. The standard InChI is InChI=1S/C17H31N5O7/c1-9(21-16(27)11(19)6-7-13(23)24)14(25)20-10(2)15(26)22-12(17(28)29)5-3-4-8-18/h9-12H,3-8,18-19H2,1-2H3,(H,20,25)(H,21,27)(H,22,26)(H,23,24)(H,28,29)/t9-,10-,11-,12-/m0/s1. The van der Waals surface area contributed by atoms with Crippen LogP contribution in [-0.4, -0.2) is 70.6 Å². The molecule has 0 aromatic heterocycles. The summed E-state index contributed by atoms with van der Waals surface area (Å²) in [6, 6.07) is -4.27. The van der Waals surface area contributed by atoms with Crippen molar-refractivity contribution in [3.05, 3.63) is 0 Å². The summed E-state index contributed by atoms with van der Waals surface area (Å²) in [5.41, 5.74) is 10.9. The first-order valence-electron chi connectivity index (χ1n) is 9.30. The molecular formula is C17H31N5O7. The normalized spacial score (nSPS) is 14.8. The van der Waals surface area contributed by atoms with E-state index in [1.54, 1.807) is 0 Å². The molecule has 12 heteroatoms. The van der Waals surface area contributed by atoms with Crippen LogP contribution < -0.4 is 27.4 Å². The number of carbonyl (C=O) groups is 5. The molecule has 4 atom stereocenters. The van der Waals surface area contributed by atoms with E-state index >= 15 is 0 Å². The van der Waals surface area contributed by atoms with Crippen molar-refractivity contribution in [3.63, 3.8) is 0 Å². The van der Waals surface area contributed by atoms with Gasteiger partial charge in [0.2, 0.25) is 17.7 Å². The van der Waals surface area contributed by atoms with Crippen LogP contribution in [0.2, 0.25) is 0 Å². The maximum Gasteiger partial charge on any atom is 0.326 e. The van der Waals surface area contributed by atoms with Crippen LogP contribution in [0.25, 0.3) is 0 Å². The zero-order valence-corrected chi connectivity index (χ0v) is 16.6. The van der Waals surface area contributed by atoms with Gasteiger partial charge in [0.15, 0.2) is 0 Å². The quantitative estimate of drug-likeness (QED) is 0.154. The number of nitrogens with one attached hydrogen (secondary N) is 3. The number of unbranched alkanes of at least 4 members (excludes halogenated alkanes) is 1. The number of carbonyl (C=O) groups excluding carboxylic acids is 3. The monoisotopic (exact) mass is 417 g/mol. The molecule has 0 saturated carbocycles. The third-order valence-corrected chi connectivity index (χ3v) is 4.07. The summed E-state index contributed by atoms with van der Waals surface area (Å²) in [5.74, 6) is -4.35. The molecule has 0 aromatic rings. The fourth-order valence-corrected chi connectivity index (χ4v) is 2.25. The Balaban J connectivity index is 4.57. The molecule has 9 N–H and O–H groups in total. The van der Waals surface area contributed by atoms with Gasteiger partial charge < -0.3 is 37.6 Å². The number of aliphatic carboxylic acids is 2. The van der Waals surface area contributed by atoms with Gasteiger partial charge in [0.05, 0.1) is 6.04 Å². The highest BCUT2D eigenvalue weighted by Gasteiger charge is 2.26. The largest absolute Gasteiger partial charge is 0.481 e. The molecule has 0 fully saturated rings. The van der Waals surface area contributed by atoms with E-state index in [9.17, 15) is 29.1 Å². The van der Waals surface area contributed by atoms with Gasteiger partial charge in [-0.3, -0.25) is 19.2 Å². The molecule has 166 valence electrons. The topological polar surface area (TPSA) is 214 Å². The molecular weight excluding hydrogens is 386 g/mol. The van der Waals surface area contributed by atoms with E-state index < -0.39 is 53.8 Å². The first-order chi connectivity index (χ1) is 13.5. The molecule has 0 aliphatic rings. The van der Waals surface area contributed by atoms with Gasteiger partial charge >= 0.3 is 11.9 Å². The minimum absolute atomic E-state index is 0.0882. The van der Waals surface area contributed by atoms with Crippen molar-refractivity contribution >= 4 is 29.7 Å². The average Bonchev–Trinajstić information content (AvgIpc) is 2.64. The summed E-state index contributed by atoms with van der Waals surface area (Å²) in [4.78, 5) is 57.9. The van der Waals surface area contributed by atoms with Crippen LogP contribution in [-0.2, 0) is 24.0 Å². The molecule has 0 bridgehead atoms. The second-order valence-corrected chi connectivity index (χ2v) is 6.68. The summed E-state index contributed by atoms with van der Waals surface area (Å²) in [6.45, 7) is 3.16. The van der Waals surface area contributed by atoms with Gasteiger partial charge in [0.25, 0.3) is 0 Å². The van der Waals surface area contributed by atoms with E-state index in [4.69, 9.17) is 16.6 Å². The summed E-state index contributed by atoms with van der Waals surface area (Å²) >= 11 is 0. The van der Waals surface area contributed by atoms with Crippen LogP contribution in [0, 0.1) is 0 Å². The fourth-order valence-electron chi connectivity index (χ4n) is 2.25. The highest BCUT2D eigenvalue weighted by Crippen LogP contribution is 2.02. The Bertz CT molecular complexity index is 599. The van der Waals surface area contributed by atoms with Crippen molar-refractivity contribution in [2.24, 2.45) is 11.5 Å². The van der Waals surface area contributed by atoms with Gasteiger partial charge in [-0.05, 0) is 46.1 Å². The van der Waals surface area contributed by atoms with Crippen molar-refractivity contribution in [3.8, 4) is 0 Å². The number of carboxylic acids is 2. The molecule has 12 nitrogen and oxygen atoms in total. The number of carboxylic acid groups (broad SMARTS) is 2. The minimum Gasteiger partial charge on any atom is -0.481 e. The van der Waals surface area contributed by atoms with E-state index in [1.165, 1.54) is 13.8 Å². The minimum atomic E-state index is -1.19. The van der Waals surface area contributed by atoms with Crippen LogP contribution in [0.4, 0.5) is 0 Å². The molecule has 0 aromatic carbocycles. The Morgan fingerprint density at radius 3 is 1.83 bits per heavy atom. The van der Waals surface area contributed by atoms with Gasteiger partial charge in [-0.15, -0.1) is 0 Å². The van der Waals surface area contributed by atoms with Crippen molar-refractivity contribution in [2.45, 2.75) is 70.1 Å². The smallest absolute Gasteiger partial charge is 0.326 e. The van der Waals surface area contributed by atoms with E-state index in [2.05, 4.69) is 16.0 Å². The van der Waals surface area contributed by atoms with Crippen molar-refractivity contribution in [1.29, 1.82) is 0 Å². The van der Waals surface area contributed by atoms with E-state index in [0.717, 1.165) is 0 Å². The van der Waals surface area contributed by atoms with Crippen LogP contribution in [0.5, 0.6) is 0 Å². The maximum absolute atomic E-state index is 12.2. The summed E-state index contributed by atoms with van der Waals surface area (Å²) in [7, 11) is 0. The van der Waals surface area contributed by atoms with Gasteiger partial charge in [-0.1, -0.05) is 0 Å². The Labute approximate surface area is 168 Å². The number of hydrogen-bond acceptors (Lipinski definition) is 7. The molecule has 0 rings (SSSR count). The van der Waals surface area contributed by atoms with E-state index in [0.29, 0.717) is 19.4 Å². The molecule has 3 amide bonds. The SMILES string of the molecule is C[C@H](NC(=O)[C@H](C)NC(=O)[C@@H](N)CCC(=O)O)C(=O)N[C@@H](CCCCN)C(=O)O. The molecule has 0 radical (unpaired) electrons. The maximum atomic E-state index is 12.2. The molecule has 0 saturated heterocycles. The molecule has 0 aliphatic heterocycles. The second-order valence-electron chi connectivity index (χ2n) is 6.68. The van der Waals surface area contributed by atoms with Gasteiger partial charge in [0.1, 0.15) is 18.1 Å².